The minimum absolute atomic E-state index is 0.00899. The molecule has 0 fully saturated rings. The minimum Gasteiger partial charge on any atom is -0.495 e. The van der Waals surface area contributed by atoms with Gasteiger partial charge < -0.3 is 23.8 Å². The first-order valence-electron chi connectivity index (χ1n) is 9.06. The highest BCUT2D eigenvalue weighted by atomic mass is 16.5. The standard InChI is InChI=1S/C15H14N2O3.C7H6N2O2/c1-19-14-7-8-17(15(18)13(14)11-16)9-10-20-12-5-3-2-4-6-12;1-11-6-2-3-9-7(10)5(6)4-8/h2-8H,9-10H2,1H3;2-3H,1H3,(H,9,10). The van der Waals surface area contributed by atoms with Gasteiger partial charge in [0.15, 0.2) is 11.1 Å². The maximum Gasteiger partial charge on any atom is 0.272 e. The zero-order chi connectivity index (χ0) is 22.6. The number of aromatic amines is 1. The Morgan fingerprint density at radius 2 is 1.58 bits per heavy atom. The molecule has 3 rings (SSSR count). The molecule has 158 valence electrons. The summed E-state index contributed by atoms with van der Waals surface area (Å²) in [5.41, 5.74) is -0.778. The number of nitrogens with zero attached hydrogens (tertiary/aromatic N) is 3. The van der Waals surface area contributed by atoms with Crippen molar-refractivity contribution in [3.8, 4) is 29.4 Å². The van der Waals surface area contributed by atoms with Crippen LogP contribution in [0, 0.1) is 22.7 Å². The number of methoxy groups -OCH3 is 2. The van der Waals surface area contributed by atoms with Crippen LogP contribution in [0.15, 0.2) is 64.4 Å². The van der Waals surface area contributed by atoms with Gasteiger partial charge in [0.25, 0.3) is 11.1 Å². The van der Waals surface area contributed by atoms with E-state index in [2.05, 4.69) is 4.98 Å². The number of nitriles is 2. The Morgan fingerprint density at radius 3 is 2.16 bits per heavy atom. The van der Waals surface area contributed by atoms with Gasteiger partial charge in [-0.3, -0.25) is 9.59 Å². The summed E-state index contributed by atoms with van der Waals surface area (Å²) in [5, 5.41) is 17.5. The first-order valence-corrected chi connectivity index (χ1v) is 9.06. The first kappa shape index (κ1) is 22.8. The Hall–Kier alpha value is -4.50. The molecule has 31 heavy (non-hydrogen) atoms. The van der Waals surface area contributed by atoms with Crippen LogP contribution in [-0.4, -0.2) is 30.4 Å². The van der Waals surface area contributed by atoms with Gasteiger partial charge in [-0.15, -0.1) is 0 Å². The molecule has 0 aliphatic carbocycles. The minimum atomic E-state index is -0.424. The van der Waals surface area contributed by atoms with Crippen molar-refractivity contribution >= 4 is 0 Å². The normalized spacial score (nSPS) is 9.42. The van der Waals surface area contributed by atoms with Crippen molar-refractivity contribution in [2.75, 3.05) is 20.8 Å². The van der Waals surface area contributed by atoms with E-state index in [1.165, 1.54) is 31.0 Å². The second-order valence-electron chi connectivity index (χ2n) is 5.89. The lowest BCUT2D eigenvalue weighted by Crippen LogP contribution is -2.25. The number of hydrogen-bond donors (Lipinski definition) is 1. The van der Waals surface area contributed by atoms with E-state index in [-0.39, 0.29) is 22.4 Å². The van der Waals surface area contributed by atoms with Gasteiger partial charge in [-0.1, -0.05) is 18.2 Å². The summed E-state index contributed by atoms with van der Waals surface area (Å²) in [4.78, 5) is 25.3. The van der Waals surface area contributed by atoms with Crippen molar-refractivity contribution in [2.24, 2.45) is 0 Å². The van der Waals surface area contributed by atoms with Crippen LogP contribution >= 0.6 is 0 Å². The molecule has 0 atom stereocenters. The second kappa shape index (κ2) is 11.5. The van der Waals surface area contributed by atoms with Gasteiger partial charge in [-0.25, -0.2) is 0 Å². The molecule has 0 aliphatic heterocycles. The van der Waals surface area contributed by atoms with Gasteiger partial charge in [0.05, 0.1) is 20.8 Å². The Bertz CT molecular complexity index is 1200. The fraction of sp³-hybridized carbons (Fsp3) is 0.182. The highest BCUT2D eigenvalue weighted by molar-refractivity contribution is 5.41. The molecule has 0 unspecified atom stereocenters. The van der Waals surface area contributed by atoms with Crippen LogP contribution in [0.1, 0.15) is 11.1 Å². The number of hydrogen-bond acceptors (Lipinski definition) is 7. The van der Waals surface area contributed by atoms with E-state index >= 15 is 0 Å². The zero-order valence-electron chi connectivity index (χ0n) is 17.0. The predicted octanol–water partition coefficient (Wildman–Crippen LogP) is 2.06. The number of nitrogens with one attached hydrogen (secondary N) is 1. The molecule has 0 radical (unpaired) electrons. The SMILES string of the molecule is COc1cc[nH]c(=O)c1C#N.COc1ccn(CCOc2ccccc2)c(=O)c1C#N. The summed E-state index contributed by atoms with van der Waals surface area (Å²) in [6, 6.07) is 16.1. The Morgan fingerprint density at radius 1 is 0.935 bits per heavy atom. The summed E-state index contributed by atoms with van der Waals surface area (Å²) >= 11 is 0. The van der Waals surface area contributed by atoms with Crippen LogP contribution in [0.25, 0.3) is 0 Å². The molecular weight excluding hydrogens is 400 g/mol. The topological polar surface area (TPSA) is 130 Å². The molecule has 2 aromatic heterocycles. The molecule has 1 aromatic carbocycles. The van der Waals surface area contributed by atoms with Crippen LogP contribution in [0.3, 0.4) is 0 Å². The van der Waals surface area contributed by atoms with Crippen molar-refractivity contribution in [1.29, 1.82) is 10.5 Å². The number of benzene rings is 1. The number of aromatic nitrogens is 2. The molecule has 0 aliphatic rings. The lowest BCUT2D eigenvalue weighted by molar-refractivity contribution is 0.296. The number of para-hydroxylation sites is 1. The van der Waals surface area contributed by atoms with Crippen LogP contribution in [-0.2, 0) is 6.54 Å². The smallest absolute Gasteiger partial charge is 0.272 e. The van der Waals surface area contributed by atoms with E-state index in [1.807, 2.05) is 36.4 Å². The highest BCUT2D eigenvalue weighted by Gasteiger charge is 2.10. The maximum absolute atomic E-state index is 12.0. The first-order chi connectivity index (χ1) is 15.0. The summed E-state index contributed by atoms with van der Waals surface area (Å²) in [5.74, 6) is 1.34. The van der Waals surface area contributed by atoms with Crippen LogP contribution < -0.4 is 25.3 Å². The molecule has 0 bridgehead atoms. The van der Waals surface area contributed by atoms with E-state index in [0.717, 1.165) is 5.75 Å². The average Bonchev–Trinajstić information content (AvgIpc) is 2.80. The summed E-state index contributed by atoms with van der Waals surface area (Å²) < 4.78 is 16.7. The molecule has 0 spiro atoms. The van der Waals surface area contributed by atoms with Gasteiger partial charge in [0, 0.05) is 12.4 Å². The summed E-state index contributed by atoms with van der Waals surface area (Å²) in [7, 11) is 2.84. The van der Waals surface area contributed by atoms with Crippen LogP contribution in [0.4, 0.5) is 0 Å². The van der Waals surface area contributed by atoms with Crippen LogP contribution in [0.5, 0.6) is 17.2 Å². The van der Waals surface area contributed by atoms with Gasteiger partial charge in [-0.2, -0.15) is 10.5 Å². The number of pyridine rings is 2. The van der Waals surface area contributed by atoms with Crippen molar-refractivity contribution in [1.82, 2.24) is 9.55 Å². The van der Waals surface area contributed by atoms with Crippen LogP contribution in [0.2, 0.25) is 0 Å². The maximum atomic E-state index is 12.0. The quantitative estimate of drug-likeness (QED) is 0.646. The molecule has 0 saturated carbocycles. The predicted molar refractivity (Wildman–Crippen MR) is 112 cm³/mol. The molecule has 1 N–H and O–H groups in total. The van der Waals surface area contributed by atoms with Crippen molar-refractivity contribution in [2.45, 2.75) is 6.54 Å². The lowest BCUT2D eigenvalue weighted by Gasteiger charge is -2.09. The molecule has 9 heteroatoms. The largest absolute Gasteiger partial charge is 0.495 e. The zero-order valence-corrected chi connectivity index (χ0v) is 17.0. The van der Waals surface area contributed by atoms with Gasteiger partial charge >= 0.3 is 0 Å². The van der Waals surface area contributed by atoms with Crippen molar-refractivity contribution in [3.05, 3.63) is 86.7 Å². The van der Waals surface area contributed by atoms with E-state index in [4.69, 9.17) is 24.7 Å². The fourth-order valence-corrected chi connectivity index (χ4v) is 2.52. The van der Waals surface area contributed by atoms with E-state index in [9.17, 15) is 9.59 Å². The Balaban J connectivity index is 0.000000262. The highest BCUT2D eigenvalue weighted by Crippen LogP contribution is 2.12. The van der Waals surface area contributed by atoms with Crippen molar-refractivity contribution in [3.63, 3.8) is 0 Å². The number of rotatable bonds is 6. The molecular formula is C22H20N4O5. The van der Waals surface area contributed by atoms with Gasteiger partial charge in [0.1, 0.15) is 36.0 Å². The number of ether oxygens (including phenoxy) is 3. The van der Waals surface area contributed by atoms with Crippen molar-refractivity contribution < 1.29 is 14.2 Å². The van der Waals surface area contributed by atoms with Gasteiger partial charge in [0.2, 0.25) is 0 Å². The third-order valence-electron chi connectivity index (χ3n) is 4.06. The van der Waals surface area contributed by atoms with E-state index in [1.54, 1.807) is 18.3 Å². The fourth-order valence-electron chi connectivity index (χ4n) is 2.52. The Kier molecular flexibility index (Phi) is 8.44. The summed E-state index contributed by atoms with van der Waals surface area (Å²) in [6.07, 6.45) is 3.03. The number of H-pyrrole nitrogens is 1. The molecule has 9 nitrogen and oxygen atoms in total. The molecule has 0 saturated heterocycles. The molecule has 3 aromatic rings. The lowest BCUT2D eigenvalue weighted by atomic mass is 10.2. The third kappa shape index (κ3) is 5.99. The third-order valence-corrected chi connectivity index (χ3v) is 4.06. The van der Waals surface area contributed by atoms with E-state index in [0.29, 0.717) is 18.9 Å². The Labute approximate surface area is 178 Å². The molecule has 0 amide bonds. The molecule has 2 heterocycles. The monoisotopic (exact) mass is 420 g/mol. The van der Waals surface area contributed by atoms with Gasteiger partial charge in [-0.05, 0) is 24.3 Å². The van der Waals surface area contributed by atoms with E-state index < -0.39 is 5.56 Å². The average molecular weight is 420 g/mol. The second-order valence-corrected chi connectivity index (χ2v) is 5.89. The summed E-state index contributed by atoms with van der Waals surface area (Å²) in [6.45, 7) is 0.716.